The fourth-order valence-electron chi connectivity index (χ4n) is 2.58. The summed E-state index contributed by atoms with van der Waals surface area (Å²) in [6.07, 6.45) is 2.19. The van der Waals surface area contributed by atoms with Gasteiger partial charge in [0.1, 0.15) is 17.3 Å². The van der Waals surface area contributed by atoms with Gasteiger partial charge in [0.15, 0.2) is 0 Å². The Morgan fingerprint density at radius 1 is 1.38 bits per heavy atom. The minimum Gasteiger partial charge on any atom is -0.295 e. The monoisotopic (exact) mass is 301 g/mol. The van der Waals surface area contributed by atoms with Crippen LogP contribution in [0.5, 0.6) is 0 Å². The maximum atomic E-state index is 14.0. The Kier molecular flexibility index (Phi) is 3.47. The van der Waals surface area contributed by atoms with Crippen molar-refractivity contribution in [3.8, 4) is 0 Å². The predicted molar refractivity (Wildman–Crippen MR) is 86.4 cm³/mol. The summed E-state index contributed by atoms with van der Waals surface area (Å²) in [5.74, 6) is 0.903. The van der Waals surface area contributed by atoms with Gasteiger partial charge in [-0.1, -0.05) is 12.6 Å². The molecule has 0 bridgehead atoms. The first-order valence-electron chi connectivity index (χ1n) is 6.49. The molecule has 106 valence electrons. The number of aryl methyl sites for hydroxylation is 1. The van der Waals surface area contributed by atoms with Gasteiger partial charge in [0.05, 0.1) is 16.7 Å². The van der Waals surface area contributed by atoms with Gasteiger partial charge in [-0.3, -0.25) is 9.39 Å². The number of halogens is 2. The molecule has 0 atom stereocenters. The van der Waals surface area contributed by atoms with Crippen LogP contribution in [0.2, 0.25) is 0 Å². The second-order valence-electron chi connectivity index (χ2n) is 4.60. The van der Waals surface area contributed by atoms with Gasteiger partial charge in [0.25, 0.3) is 0 Å². The molecular weight excluding hydrogens is 289 g/mol. The second-order valence-corrected chi connectivity index (χ2v) is 4.98. The van der Waals surface area contributed by atoms with E-state index in [1.807, 2.05) is 10.5 Å². The molecule has 0 aliphatic carbocycles. The van der Waals surface area contributed by atoms with Gasteiger partial charge in [0.2, 0.25) is 0 Å². The lowest BCUT2D eigenvalue weighted by Crippen LogP contribution is -2.04. The van der Waals surface area contributed by atoms with Crippen LogP contribution < -0.4 is 0 Å². The quantitative estimate of drug-likeness (QED) is 0.519. The maximum absolute atomic E-state index is 14.0. The van der Waals surface area contributed by atoms with Crippen molar-refractivity contribution < 1.29 is 4.39 Å². The van der Waals surface area contributed by atoms with Crippen molar-refractivity contribution in [2.75, 3.05) is 5.88 Å². The van der Waals surface area contributed by atoms with E-state index in [1.54, 1.807) is 18.2 Å². The summed E-state index contributed by atoms with van der Waals surface area (Å²) in [5, 5.41) is 0.529. The van der Waals surface area contributed by atoms with Crippen LogP contribution in [-0.2, 0) is 6.42 Å². The molecule has 3 aromatic rings. The number of benzene rings is 1. The van der Waals surface area contributed by atoms with Crippen molar-refractivity contribution in [1.82, 2.24) is 9.38 Å². The summed E-state index contributed by atoms with van der Waals surface area (Å²) in [6.45, 7) is 7.34. The van der Waals surface area contributed by atoms with Crippen LogP contribution in [0.4, 0.5) is 10.1 Å². The minimum atomic E-state index is -0.275. The van der Waals surface area contributed by atoms with Gasteiger partial charge in [-0.25, -0.2) is 9.37 Å². The van der Waals surface area contributed by atoms with Gasteiger partial charge >= 0.3 is 0 Å². The molecule has 0 amide bonds. The van der Waals surface area contributed by atoms with Gasteiger partial charge in [-0.05, 0) is 31.0 Å². The Morgan fingerprint density at radius 2 is 2.19 bits per heavy atom. The number of aliphatic imine (C=N–C) groups is 1. The van der Waals surface area contributed by atoms with Crippen LogP contribution in [0.1, 0.15) is 11.5 Å². The lowest BCUT2D eigenvalue weighted by atomic mass is 10.2. The molecule has 0 aliphatic heterocycles. The van der Waals surface area contributed by atoms with Gasteiger partial charge in [0, 0.05) is 17.7 Å². The molecule has 0 fully saturated rings. The zero-order valence-electron chi connectivity index (χ0n) is 11.3. The number of fused-ring (bicyclic) bond motifs is 3. The predicted octanol–water partition coefficient (Wildman–Crippen LogP) is 4.38. The third kappa shape index (κ3) is 2.03. The van der Waals surface area contributed by atoms with E-state index in [0.717, 1.165) is 16.9 Å². The maximum Gasteiger partial charge on any atom is 0.132 e. The first-order chi connectivity index (χ1) is 10.2. The molecule has 0 aliphatic rings. The average Bonchev–Trinajstić information content (AvgIpc) is 2.88. The molecule has 2 heterocycles. The summed E-state index contributed by atoms with van der Waals surface area (Å²) in [5.41, 5.74) is 2.73. The van der Waals surface area contributed by atoms with Crippen LogP contribution in [-0.4, -0.2) is 22.0 Å². The van der Waals surface area contributed by atoms with Crippen molar-refractivity contribution in [2.24, 2.45) is 4.99 Å². The number of nitrogens with zero attached hydrogens (tertiary/aromatic N) is 3. The first kappa shape index (κ1) is 13.8. The highest BCUT2D eigenvalue weighted by molar-refractivity contribution is 6.18. The molecule has 2 aromatic heterocycles. The lowest BCUT2D eigenvalue weighted by molar-refractivity contribution is 0.640. The van der Waals surface area contributed by atoms with Crippen LogP contribution in [0.3, 0.4) is 0 Å². The van der Waals surface area contributed by atoms with Crippen molar-refractivity contribution in [3.63, 3.8) is 0 Å². The number of aromatic nitrogens is 2. The molecule has 0 saturated heterocycles. The van der Waals surface area contributed by atoms with Crippen molar-refractivity contribution in [1.29, 1.82) is 0 Å². The lowest BCUT2D eigenvalue weighted by Gasteiger charge is -2.10. The van der Waals surface area contributed by atoms with Crippen molar-refractivity contribution >= 4 is 46.5 Å². The Labute approximate surface area is 126 Å². The smallest absolute Gasteiger partial charge is 0.132 e. The van der Waals surface area contributed by atoms with E-state index >= 15 is 0 Å². The van der Waals surface area contributed by atoms with E-state index in [4.69, 9.17) is 11.6 Å². The zero-order chi connectivity index (χ0) is 15.0. The van der Waals surface area contributed by atoms with Crippen LogP contribution in [0.25, 0.3) is 22.5 Å². The molecule has 0 saturated carbocycles. The Hall–Kier alpha value is -2.20. The molecule has 0 N–H and O–H groups in total. The highest BCUT2D eigenvalue weighted by Crippen LogP contribution is 2.32. The molecule has 3 rings (SSSR count). The standard InChI is InChI=1S/C16H13ClFN3/c1-3-12-16(19-2)14-9-10-11(18)5-4-6-13(10)21(14)15(20-12)7-8-17/h3-6,9H,1-2,7-8H2. The van der Waals surface area contributed by atoms with Gasteiger partial charge < -0.3 is 0 Å². The molecule has 3 nitrogen and oxygen atoms in total. The summed E-state index contributed by atoms with van der Waals surface area (Å²) in [6, 6.07) is 6.73. The first-order valence-corrected chi connectivity index (χ1v) is 7.02. The normalized spacial score (nSPS) is 11.1. The van der Waals surface area contributed by atoms with Crippen molar-refractivity contribution in [3.05, 3.63) is 48.2 Å². The molecule has 0 spiro atoms. The summed E-state index contributed by atoms with van der Waals surface area (Å²) < 4.78 is 15.9. The Morgan fingerprint density at radius 3 is 2.86 bits per heavy atom. The zero-order valence-corrected chi connectivity index (χ0v) is 12.1. The second kappa shape index (κ2) is 5.30. The Bertz CT molecular complexity index is 867. The summed E-state index contributed by atoms with van der Waals surface area (Å²) >= 11 is 5.87. The van der Waals surface area contributed by atoms with E-state index in [-0.39, 0.29) is 5.82 Å². The molecule has 0 unspecified atom stereocenters. The number of hydrogen-bond donors (Lipinski definition) is 0. The largest absolute Gasteiger partial charge is 0.295 e. The van der Waals surface area contributed by atoms with Gasteiger partial charge in [-0.2, -0.15) is 0 Å². The van der Waals surface area contributed by atoms with Crippen LogP contribution in [0.15, 0.2) is 35.8 Å². The van der Waals surface area contributed by atoms with E-state index in [9.17, 15) is 4.39 Å². The Balaban J connectivity index is 2.56. The molecule has 0 radical (unpaired) electrons. The van der Waals surface area contributed by atoms with Crippen LogP contribution in [0, 0.1) is 5.82 Å². The fourth-order valence-corrected chi connectivity index (χ4v) is 2.75. The molecular formula is C16H13ClFN3. The number of alkyl halides is 1. The third-order valence-corrected chi connectivity index (χ3v) is 3.64. The molecule has 5 heteroatoms. The number of hydrogen-bond acceptors (Lipinski definition) is 2. The van der Waals surface area contributed by atoms with Gasteiger partial charge in [-0.15, -0.1) is 11.6 Å². The van der Waals surface area contributed by atoms with E-state index in [1.165, 1.54) is 6.07 Å². The van der Waals surface area contributed by atoms with E-state index in [0.29, 0.717) is 29.1 Å². The molecule has 21 heavy (non-hydrogen) atoms. The summed E-state index contributed by atoms with van der Waals surface area (Å²) in [7, 11) is 0. The highest BCUT2D eigenvalue weighted by atomic mass is 35.5. The summed E-state index contributed by atoms with van der Waals surface area (Å²) in [4.78, 5) is 8.57. The van der Waals surface area contributed by atoms with Crippen molar-refractivity contribution in [2.45, 2.75) is 6.42 Å². The van der Waals surface area contributed by atoms with Crippen LogP contribution >= 0.6 is 11.6 Å². The fraction of sp³-hybridized carbons (Fsp3) is 0.125. The number of rotatable bonds is 4. The van der Waals surface area contributed by atoms with E-state index in [2.05, 4.69) is 23.3 Å². The SMILES string of the molecule is C=Cc1nc(CCCl)n2c(cc3c(F)cccc32)c1N=C. The molecule has 1 aromatic carbocycles. The topological polar surface area (TPSA) is 29.7 Å². The highest BCUT2D eigenvalue weighted by Gasteiger charge is 2.16. The van der Waals surface area contributed by atoms with E-state index < -0.39 is 0 Å². The average molecular weight is 302 g/mol. The minimum absolute atomic E-state index is 0.275. The third-order valence-electron chi connectivity index (χ3n) is 3.46.